The number of benzene rings is 1. The molecule has 30 heavy (non-hydrogen) atoms. The van der Waals surface area contributed by atoms with Gasteiger partial charge < -0.3 is 10.1 Å². The highest BCUT2D eigenvalue weighted by Crippen LogP contribution is 2.36. The number of amides is 1. The molecule has 4 rings (SSSR count). The Balaban J connectivity index is 1.58. The van der Waals surface area contributed by atoms with Crippen LogP contribution in [0.5, 0.6) is 5.75 Å². The van der Waals surface area contributed by atoms with Crippen molar-refractivity contribution in [3.8, 4) is 5.75 Å². The number of thiophene rings is 1. The summed E-state index contributed by atoms with van der Waals surface area (Å²) < 4.78 is 6.97. The zero-order valence-corrected chi connectivity index (χ0v) is 19.0. The van der Waals surface area contributed by atoms with Crippen molar-refractivity contribution >= 4 is 44.9 Å². The lowest BCUT2D eigenvalue weighted by Crippen LogP contribution is -2.24. The maximum Gasteiger partial charge on any atom is 0.263 e. The summed E-state index contributed by atoms with van der Waals surface area (Å²) in [5.41, 5.74) is 1.84. The smallest absolute Gasteiger partial charge is 0.263 e. The van der Waals surface area contributed by atoms with E-state index in [1.807, 2.05) is 19.1 Å². The van der Waals surface area contributed by atoms with Gasteiger partial charge in [-0.25, -0.2) is 4.98 Å². The molecule has 0 saturated heterocycles. The van der Waals surface area contributed by atoms with Crippen LogP contribution >= 0.6 is 23.1 Å². The summed E-state index contributed by atoms with van der Waals surface area (Å²) in [6.45, 7) is 4.72. The number of aromatic nitrogens is 2. The Kier molecular flexibility index (Phi) is 6.15. The minimum Gasteiger partial charge on any atom is -0.495 e. The number of rotatable bonds is 6. The van der Waals surface area contributed by atoms with Crippen LogP contribution in [0.1, 0.15) is 30.7 Å². The second-order valence-corrected chi connectivity index (χ2v) is 9.54. The molecule has 2 heterocycles. The van der Waals surface area contributed by atoms with E-state index in [-0.39, 0.29) is 17.2 Å². The van der Waals surface area contributed by atoms with Gasteiger partial charge in [0.1, 0.15) is 10.6 Å². The lowest BCUT2D eigenvalue weighted by Gasteiger charge is -2.17. The first-order valence-corrected chi connectivity index (χ1v) is 11.9. The minimum absolute atomic E-state index is 0.0159. The number of anilines is 1. The van der Waals surface area contributed by atoms with Crippen LogP contribution in [0.3, 0.4) is 0 Å². The summed E-state index contributed by atoms with van der Waals surface area (Å²) in [4.78, 5) is 32.6. The number of nitrogens with zero attached hydrogens (tertiary/aromatic N) is 2. The maximum absolute atomic E-state index is 13.2. The number of methoxy groups -OCH3 is 1. The Morgan fingerprint density at radius 1 is 1.40 bits per heavy atom. The van der Waals surface area contributed by atoms with Crippen LogP contribution < -0.4 is 15.6 Å². The highest BCUT2D eigenvalue weighted by molar-refractivity contribution is 7.99. The van der Waals surface area contributed by atoms with E-state index < -0.39 is 0 Å². The van der Waals surface area contributed by atoms with Crippen LogP contribution in [-0.2, 0) is 24.2 Å². The summed E-state index contributed by atoms with van der Waals surface area (Å²) in [7, 11) is 1.57. The fourth-order valence-corrected chi connectivity index (χ4v) is 6.15. The molecule has 1 N–H and O–H groups in total. The van der Waals surface area contributed by atoms with Gasteiger partial charge in [-0.15, -0.1) is 11.3 Å². The largest absolute Gasteiger partial charge is 0.495 e. The standard InChI is InChI=1S/C22H25N3O3S2/c1-4-25-21(27)19-14-10-9-13(2)11-17(14)30-20(19)24-22(25)29-12-18(26)23-15-7-5-6-8-16(15)28-3/h5-8,13H,4,9-12H2,1-3H3,(H,23,26). The number of carbonyl (C=O) groups excluding carboxylic acids is 1. The number of ether oxygens (including phenoxy) is 1. The summed E-state index contributed by atoms with van der Waals surface area (Å²) >= 11 is 2.93. The molecular weight excluding hydrogens is 418 g/mol. The molecule has 0 radical (unpaired) electrons. The van der Waals surface area contributed by atoms with Crippen LogP contribution in [0.2, 0.25) is 0 Å². The average Bonchev–Trinajstić information content (AvgIpc) is 3.10. The second-order valence-electron chi connectivity index (χ2n) is 7.51. The number of hydrogen-bond acceptors (Lipinski definition) is 6. The van der Waals surface area contributed by atoms with Crippen molar-refractivity contribution in [3.63, 3.8) is 0 Å². The lowest BCUT2D eigenvalue weighted by molar-refractivity contribution is -0.113. The predicted molar refractivity (Wildman–Crippen MR) is 123 cm³/mol. The van der Waals surface area contributed by atoms with Gasteiger partial charge in [-0.2, -0.15) is 0 Å². The van der Waals surface area contributed by atoms with Gasteiger partial charge in [-0.3, -0.25) is 14.2 Å². The summed E-state index contributed by atoms with van der Waals surface area (Å²) in [6.07, 6.45) is 3.08. The fourth-order valence-electron chi connectivity index (χ4n) is 3.86. The third-order valence-electron chi connectivity index (χ3n) is 5.41. The van der Waals surface area contributed by atoms with Gasteiger partial charge in [-0.1, -0.05) is 30.8 Å². The molecule has 1 amide bonds. The lowest BCUT2D eigenvalue weighted by atomic mass is 9.89. The first-order chi connectivity index (χ1) is 14.5. The van der Waals surface area contributed by atoms with E-state index in [4.69, 9.17) is 9.72 Å². The summed E-state index contributed by atoms with van der Waals surface area (Å²) in [5.74, 6) is 1.25. The van der Waals surface area contributed by atoms with Crippen molar-refractivity contribution in [2.75, 3.05) is 18.2 Å². The monoisotopic (exact) mass is 443 g/mol. The molecule has 1 atom stereocenters. The van der Waals surface area contributed by atoms with Gasteiger partial charge in [0.2, 0.25) is 5.91 Å². The van der Waals surface area contributed by atoms with Crippen LogP contribution in [0.15, 0.2) is 34.2 Å². The molecule has 8 heteroatoms. The number of thioether (sulfide) groups is 1. The zero-order chi connectivity index (χ0) is 21.3. The molecule has 0 spiro atoms. The van der Waals surface area contributed by atoms with Crippen molar-refractivity contribution in [3.05, 3.63) is 45.1 Å². The number of fused-ring (bicyclic) bond motifs is 3. The Bertz CT molecular complexity index is 1150. The number of aryl methyl sites for hydroxylation is 1. The van der Waals surface area contributed by atoms with E-state index in [1.165, 1.54) is 22.2 Å². The summed E-state index contributed by atoms with van der Waals surface area (Å²) in [6, 6.07) is 7.29. The number of nitrogens with one attached hydrogen (secondary N) is 1. The number of carbonyl (C=O) groups is 1. The Morgan fingerprint density at radius 2 is 2.20 bits per heavy atom. The van der Waals surface area contributed by atoms with Crippen molar-refractivity contribution in [2.24, 2.45) is 5.92 Å². The topological polar surface area (TPSA) is 73.2 Å². The number of para-hydroxylation sites is 2. The van der Waals surface area contributed by atoms with Crippen molar-refractivity contribution in [1.82, 2.24) is 9.55 Å². The Labute approximate surface area is 183 Å². The van der Waals surface area contributed by atoms with E-state index in [0.717, 1.165) is 29.5 Å². The van der Waals surface area contributed by atoms with Crippen LogP contribution in [0.25, 0.3) is 10.2 Å². The van der Waals surface area contributed by atoms with E-state index in [0.29, 0.717) is 29.1 Å². The highest BCUT2D eigenvalue weighted by atomic mass is 32.2. The molecule has 158 valence electrons. The zero-order valence-electron chi connectivity index (χ0n) is 17.4. The van der Waals surface area contributed by atoms with Gasteiger partial charge in [0, 0.05) is 11.4 Å². The van der Waals surface area contributed by atoms with E-state index in [2.05, 4.69) is 12.2 Å². The third-order valence-corrected chi connectivity index (χ3v) is 7.53. The minimum atomic E-state index is -0.166. The van der Waals surface area contributed by atoms with Crippen LogP contribution in [-0.4, -0.2) is 28.3 Å². The molecule has 0 saturated carbocycles. The van der Waals surface area contributed by atoms with E-state index in [1.54, 1.807) is 35.1 Å². The molecule has 1 aliphatic carbocycles. The van der Waals surface area contributed by atoms with Crippen LogP contribution in [0.4, 0.5) is 5.69 Å². The summed E-state index contributed by atoms with van der Waals surface area (Å²) in [5, 5.41) is 4.25. The average molecular weight is 444 g/mol. The van der Waals surface area contributed by atoms with Gasteiger partial charge in [0.05, 0.1) is 23.9 Å². The van der Waals surface area contributed by atoms with Gasteiger partial charge in [0.25, 0.3) is 5.56 Å². The molecular formula is C22H25N3O3S2. The van der Waals surface area contributed by atoms with E-state index in [9.17, 15) is 9.59 Å². The first kappa shape index (κ1) is 20.9. The maximum atomic E-state index is 13.2. The van der Waals surface area contributed by atoms with Gasteiger partial charge >= 0.3 is 0 Å². The molecule has 0 fully saturated rings. The fraction of sp³-hybridized carbons (Fsp3) is 0.409. The van der Waals surface area contributed by atoms with Gasteiger partial charge in [0.15, 0.2) is 5.16 Å². The molecule has 6 nitrogen and oxygen atoms in total. The molecule has 0 aliphatic heterocycles. The molecule has 1 aromatic carbocycles. The third kappa shape index (κ3) is 3.98. The molecule has 1 unspecified atom stereocenters. The van der Waals surface area contributed by atoms with Crippen molar-refractivity contribution in [2.45, 2.75) is 44.8 Å². The Hall–Kier alpha value is -2.32. The second kappa shape index (κ2) is 8.81. The molecule has 0 bridgehead atoms. The van der Waals surface area contributed by atoms with Crippen molar-refractivity contribution < 1.29 is 9.53 Å². The SMILES string of the molecule is CCn1c(SCC(=O)Nc2ccccc2OC)nc2sc3c(c2c1=O)CCC(C)C3. The van der Waals surface area contributed by atoms with Crippen molar-refractivity contribution in [1.29, 1.82) is 0 Å². The molecule has 3 aromatic rings. The highest BCUT2D eigenvalue weighted by Gasteiger charge is 2.24. The Morgan fingerprint density at radius 3 is 2.97 bits per heavy atom. The van der Waals surface area contributed by atoms with E-state index >= 15 is 0 Å². The first-order valence-electron chi connectivity index (χ1n) is 10.1. The predicted octanol–water partition coefficient (Wildman–Crippen LogP) is 4.34. The normalized spacial score (nSPS) is 15.8. The van der Waals surface area contributed by atoms with Gasteiger partial charge in [-0.05, 0) is 49.8 Å². The van der Waals surface area contributed by atoms with Crippen LogP contribution in [0, 0.1) is 5.92 Å². The molecule has 1 aliphatic rings. The quantitative estimate of drug-likeness (QED) is 0.453. The number of hydrogen-bond donors (Lipinski definition) is 1. The molecule has 2 aromatic heterocycles.